The molecule has 0 bridgehead atoms. The molecular weight excluding hydrogens is 274 g/mol. The molecule has 3 nitrogen and oxygen atoms in total. The standard InChI is InChI=1S/C16H20F2N2O/c1-6-16(5,9(3)4)12-13(18)11(17)8-10(15(19)21)14(12)20-7-2/h1,8-9,20H,7H2,2-5H3,(H2,19,21). The zero-order valence-electron chi connectivity index (χ0n) is 12.7. The van der Waals surface area contributed by atoms with E-state index in [1.54, 1.807) is 13.8 Å². The Labute approximate surface area is 123 Å². The molecular formula is C16H20F2N2O. The number of carbonyl (C=O) groups excluding carboxylic acids is 1. The average Bonchev–Trinajstić information content (AvgIpc) is 2.41. The Morgan fingerprint density at radius 3 is 2.48 bits per heavy atom. The van der Waals surface area contributed by atoms with Crippen molar-refractivity contribution in [3.63, 3.8) is 0 Å². The Morgan fingerprint density at radius 1 is 1.52 bits per heavy atom. The minimum absolute atomic E-state index is 0.0318. The molecule has 0 saturated heterocycles. The van der Waals surface area contributed by atoms with Crippen molar-refractivity contribution < 1.29 is 13.6 Å². The van der Waals surface area contributed by atoms with Crippen LogP contribution < -0.4 is 11.1 Å². The third-order valence-corrected chi connectivity index (χ3v) is 3.81. The molecule has 1 atom stereocenters. The Morgan fingerprint density at radius 2 is 2.10 bits per heavy atom. The Kier molecular flexibility index (Phi) is 4.95. The van der Waals surface area contributed by atoms with Crippen LogP contribution in [-0.4, -0.2) is 12.5 Å². The van der Waals surface area contributed by atoms with Gasteiger partial charge >= 0.3 is 0 Å². The first kappa shape index (κ1) is 17.0. The highest BCUT2D eigenvalue weighted by molar-refractivity contribution is 5.99. The Bertz CT molecular complexity index is 605. The minimum Gasteiger partial charge on any atom is -0.384 e. The van der Waals surface area contributed by atoms with Gasteiger partial charge in [-0.2, -0.15) is 0 Å². The summed E-state index contributed by atoms with van der Waals surface area (Å²) >= 11 is 0. The van der Waals surface area contributed by atoms with Crippen molar-refractivity contribution in [2.24, 2.45) is 11.7 Å². The molecule has 1 rings (SSSR count). The number of terminal acetylenes is 1. The zero-order chi connectivity index (χ0) is 16.4. The fourth-order valence-corrected chi connectivity index (χ4v) is 2.20. The second kappa shape index (κ2) is 6.13. The molecule has 0 heterocycles. The lowest BCUT2D eigenvalue weighted by atomic mass is 9.72. The highest BCUT2D eigenvalue weighted by Crippen LogP contribution is 2.40. The molecule has 0 saturated carbocycles. The van der Waals surface area contributed by atoms with Crippen LogP contribution in [0.2, 0.25) is 0 Å². The molecule has 0 radical (unpaired) electrons. The molecule has 1 aromatic rings. The first-order valence-electron chi connectivity index (χ1n) is 6.74. The van der Waals surface area contributed by atoms with Crippen molar-refractivity contribution in [1.29, 1.82) is 0 Å². The van der Waals surface area contributed by atoms with Crippen molar-refractivity contribution in [3.05, 3.63) is 28.8 Å². The maximum atomic E-state index is 14.4. The van der Waals surface area contributed by atoms with Gasteiger partial charge in [-0.15, -0.1) is 6.42 Å². The number of carbonyl (C=O) groups is 1. The van der Waals surface area contributed by atoms with Crippen LogP contribution in [0.15, 0.2) is 6.07 Å². The molecule has 21 heavy (non-hydrogen) atoms. The summed E-state index contributed by atoms with van der Waals surface area (Å²) in [7, 11) is 0. The molecule has 114 valence electrons. The van der Waals surface area contributed by atoms with Crippen LogP contribution >= 0.6 is 0 Å². The van der Waals surface area contributed by atoms with E-state index in [9.17, 15) is 13.6 Å². The minimum atomic E-state index is -1.14. The molecule has 1 aromatic carbocycles. The van der Waals surface area contributed by atoms with E-state index in [-0.39, 0.29) is 22.7 Å². The van der Waals surface area contributed by atoms with Crippen LogP contribution in [0.25, 0.3) is 0 Å². The second-order valence-corrected chi connectivity index (χ2v) is 5.37. The summed E-state index contributed by atoms with van der Waals surface area (Å²) in [6.07, 6.45) is 5.57. The maximum Gasteiger partial charge on any atom is 0.250 e. The van der Waals surface area contributed by atoms with Gasteiger partial charge in [0.05, 0.1) is 16.7 Å². The van der Waals surface area contributed by atoms with Gasteiger partial charge < -0.3 is 11.1 Å². The smallest absolute Gasteiger partial charge is 0.250 e. The second-order valence-electron chi connectivity index (χ2n) is 5.37. The zero-order valence-corrected chi connectivity index (χ0v) is 12.7. The maximum absolute atomic E-state index is 14.4. The van der Waals surface area contributed by atoms with Gasteiger partial charge in [-0.1, -0.05) is 19.8 Å². The molecule has 0 aliphatic heterocycles. The number of hydrogen-bond donors (Lipinski definition) is 2. The SMILES string of the molecule is C#CC(C)(c1c(F)c(F)cc(C(N)=O)c1NCC)C(C)C. The van der Waals surface area contributed by atoms with Gasteiger partial charge in [-0.05, 0) is 25.8 Å². The summed E-state index contributed by atoms with van der Waals surface area (Å²) in [5.41, 5.74) is 4.23. The normalized spacial score (nSPS) is 13.6. The quantitative estimate of drug-likeness (QED) is 0.820. The number of amides is 1. The highest BCUT2D eigenvalue weighted by atomic mass is 19.2. The summed E-state index contributed by atoms with van der Waals surface area (Å²) in [5.74, 6) is -0.667. The Balaban J connectivity index is 3.86. The van der Waals surface area contributed by atoms with E-state index < -0.39 is 23.0 Å². The number of rotatable bonds is 5. The number of nitrogens with one attached hydrogen (secondary N) is 1. The third-order valence-electron chi connectivity index (χ3n) is 3.81. The number of benzene rings is 1. The van der Waals surface area contributed by atoms with E-state index in [1.807, 2.05) is 13.8 Å². The lowest BCUT2D eigenvalue weighted by Gasteiger charge is -2.32. The van der Waals surface area contributed by atoms with Gasteiger partial charge in [-0.25, -0.2) is 8.78 Å². The number of hydrogen-bond acceptors (Lipinski definition) is 2. The van der Waals surface area contributed by atoms with Crippen LogP contribution in [0, 0.1) is 29.9 Å². The molecule has 0 aromatic heterocycles. The molecule has 1 amide bonds. The highest BCUT2D eigenvalue weighted by Gasteiger charge is 2.36. The van der Waals surface area contributed by atoms with Gasteiger partial charge in [0.15, 0.2) is 11.6 Å². The first-order valence-corrected chi connectivity index (χ1v) is 6.74. The lowest BCUT2D eigenvalue weighted by Crippen LogP contribution is -2.31. The van der Waals surface area contributed by atoms with Crippen LogP contribution in [0.3, 0.4) is 0 Å². The van der Waals surface area contributed by atoms with E-state index in [1.165, 1.54) is 0 Å². The monoisotopic (exact) mass is 294 g/mol. The van der Waals surface area contributed by atoms with Crippen molar-refractivity contribution in [3.8, 4) is 12.3 Å². The fraction of sp³-hybridized carbons (Fsp3) is 0.438. The van der Waals surface area contributed by atoms with Gasteiger partial charge in [0.1, 0.15) is 0 Å². The largest absolute Gasteiger partial charge is 0.384 e. The lowest BCUT2D eigenvalue weighted by molar-refractivity contribution is 0.100. The summed E-state index contributed by atoms with van der Waals surface area (Å²) < 4.78 is 28.3. The van der Waals surface area contributed by atoms with E-state index in [0.717, 1.165) is 6.07 Å². The fourth-order valence-electron chi connectivity index (χ4n) is 2.20. The molecule has 0 aliphatic carbocycles. The molecule has 3 N–H and O–H groups in total. The van der Waals surface area contributed by atoms with Crippen LogP contribution in [0.1, 0.15) is 43.6 Å². The number of halogens is 2. The Hall–Kier alpha value is -2.09. The molecule has 1 unspecified atom stereocenters. The predicted octanol–water partition coefficient (Wildman–Crippen LogP) is 3.04. The predicted molar refractivity (Wildman–Crippen MR) is 80.1 cm³/mol. The summed E-state index contributed by atoms with van der Waals surface area (Å²) in [6, 6.07) is 0.802. The summed E-state index contributed by atoms with van der Waals surface area (Å²) in [4.78, 5) is 11.5. The van der Waals surface area contributed by atoms with Crippen molar-refractivity contribution >= 4 is 11.6 Å². The molecule has 5 heteroatoms. The van der Waals surface area contributed by atoms with Gasteiger partial charge in [0.25, 0.3) is 5.91 Å². The van der Waals surface area contributed by atoms with Crippen LogP contribution in [-0.2, 0) is 5.41 Å². The van der Waals surface area contributed by atoms with E-state index in [4.69, 9.17) is 12.2 Å². The third kappa shape index (κ3) is 2.85. The summed E-state index contributed by atoms with van der Waals surface area (Å²) in [6.45, 7) is 7.45. The topological polar surface area (TPSA) is 55.1 Å². The van der Waals surface area contributed by atoms with E-state index in [0.29, 0.717) is 6.54 Å². The van der Waals surface area contributed by atoms with Crippen molar-refractivity contribution in [2.45, 2.75) is 33.1 Å². The molecule has 0 spiro atoms. The average molecular weight is 294 g/mol. The van der Waals surface area contributed by atoms with Gasteiger partial charge in [-0.3, -0.25) is 4.79 Å². The molecule has 0 fully saturated rings. The van der Waals surface area contributed by atoms with Crippen molar-refractivity contribution in [2.75, 3.05) is 11.9 Å². The van der Waals surface area contributed by atoms with Crippen LogP contribution in [0.5, 0.6) is 0 Å². The summed E-state index contributed by atoms with van der Waals surface area (Å²) in [5, 5.41) is 2.89. The van der Waals surface area contributed by atoms with E-state index in [2.05, 4.69) is 11.2 Å². The van der Waals surface area contributed by atoms with Crippen molar-refractivity contribution in [1.82, 2.24) is 0 Å². The van der Waals surface area contributed by atoms with Gasteiger partial charge in [0.2, 0.25) is 0 Å². The molecule has 0 aliphatic rings. The number of primary amides is 1. The first-order chi connectivity index (χ1) is 9.70. The van der Waals surface area contributed by atoms with E-state index >= 15 is 0 Å². The number of anilines is 1. The van der Waals surface area contributed by atoms with Crippen LogP contribution in [0.4, 0.5) is 14.5 Å². The number of nitrogens with two attached hydrogens (primary N) is 1. The van der Waals surface area contributed by atoms with Gasteiger partial charge in [0, 0.05) is 12.1 Å².